The van der Waals surface area contributed by atoms with Crippen LogP contribution in [-0.4, -0.2) is 16.3 Å². The average Bonchev–Trinajstić information content (AvgIpc) is 3.28. The molecule has 5 nitrogen and oxygen atoms in total. The normalized spacial score (nSPS) is 11.1. The number of hydrogen-bond acceptors (Lipinski definition) is 5. The zero-order valence-corrected chi connectivity index (χ0v) is 16.1. The summed E-state index contributed by atoms with van der Waals surface area (Å²) in [5.41, 5.74) is 5.83. The van der Waals surface area contributed by atoms with Gasteiger partial charge in [-0.2, -0.15) is 5.10 Å². The molecular weight excluding hydrogens is 376 g/mol. The number of aromatic nitrogens is 1. The van der Waals surface area contributed by atoms with E-state index in [4.69, 9.17) is 16.6 Å². The molecule has 0 aliphatic heterocycles. The summed E-state index contributed by atoms with van der Waals surface area (Å²) in [7, 11) is 0. The second-order valence-electron chi connectivity index (χ2n) is 5.88. The third kappa shape index (κ3) is 4.21. The first-order valence-electron chi connectivity index (χ1n) is 8.30. The molecule has 134 valence electrons. The van der Waals surface area contributed by atoms with E-state index in [0.29, 0.717) is 10.9 Å². The molecule has 2 aromatic heterocycles. The van der Waals surface area contributed by atoms with Crippen LogP contribution in [0.5, 0.6) is 0 Å². The first-order valence-corrected chi connectivity index (χ1v) is 9.52. The Morgan fingerprint density at radius 3 is 2.89 bits per heavy atom. The Balaban J connectivity index is 1.39. The minimum atomic E-state index is 0.412. The van der Waals surface area contributed by atoms with Crippen LogP contribution in [0.2, 0.25) is 0 Å². The minimum absolute atomic E-state index is 0.412. The van der Waals surface area contributed by atoms with Gasteiger partial charge in [-0.25, -0.2) is 4.98 Å². The fourth-order valence-electron chi connectivity index (χ4n) is 2.55. The van der Waals surface area contributed by atoms with Gasteiger partial charge in [0, 0.05) is 5.69 Å². The van der Waals surface area contributed by atoms with Gasteiger partial charge >= 0.3 is 0 Å². The number of nitrogens with one attached hydrogen (secondary N) is 2. The number of hydrogen-bond donors (Lipinski definition) is 2. The van der Waals surface area contributed by atoms with E-state index >= 15 is 0 Å². The van der Waals surface area contributed by atoms with Gasteiger partial charge in [-0.1, -0.05) is 24.3 Å². The minimum Gasteiger partial charge on any atom is -0.453 e. The number of fused-ring (bicyclic) bond motifs is 1. The maximum Gasteiger partial charge on any atom is 0.191 e. The molecule has 0 saturated carbocycles. The zero-order chi connectivity index (χ0) is 18.6. The van der Waals surface area contributed by atoms with Crippen LogP contribution < -0.4 is 10.7 Å². The van der Waals surface area contributed by atoms with E-state index in [1.54, 1.807) is 17.6 Å². The molecule has 0 atom stereocenters. The van der Waals surface area contributed by atoms with E-state index < -0.39 is 0 Å². The summed E-state index contributed by atoms with van der Waals surface area (Å²) >= 11 is 6.84. The molecule has 0 fully saturated rings. The first kappa shape index (κ1) is 17.4. The molecule has 4 aromatic rings. The largest absolute Gasteiger partial charge is 0.453 e. The van der Waals surface area contributed by atoms with Gasteiger partial charge in [0.25, 0.3) is 0 Å². The van der Waals surface area contributed by atoms with Crippen molar-refractivity contribution in [3.8, 4) is 10.8 Å². The number of nitrogens with zero attached hydrogens (tertiary/aromatic N) is 2. The molecule has 7 heteroatoms. The number of thiocarbonyl (C=S) groups is 1. The quantitative estimate of drug-likeness (QED) is 0.284. The van der Waals surface area contributed by atoms with E-state index in [1.807, 2.05) is 67.6 Å². The number of thiazole rings is 1. The van der Waals surface area contributed by atoms with E-state index in [1.165, 1.54) is 0 Å². The molecule has 2 aromatic carbocycles. The van der Waals surface area contributed by atoms with Crippen molar-refractivity contribution in [2.75, 3.05) is 5.32 Å². The molecule has 0 amide bonds. The fraction of sp³-hybridized carbons (Fsp3) is 0.0500. The number of furan rings is 1. The smallest absolute Gasteiger partial charge is 0.191 e. The molecule has 0 bridgehead atoms. The van der Waals surface area contributed by atoms with Gasteiger partial charge in [0.2, 0.25) is 0 Å². The second-order valence-corrected chi connectivity index (χ2v) is 7.32. The van der Waals surface area contributed by atoms with Crippen molar-refractivity contribution in [3.63, 3.8) is 0 Å². The van der Waals surface area contributed by atoms with Gasteiger partial charge in [-0.15, -0.1) is 11.3 Å². The predicted octanol–water partition coefficient (Wildman–Crippen LogP) is 5.19. The number of para-hydroxylation sites is 1. The maximum absolute atomic E-state index is 5.81. The van der Waals surface area contributed by atoms with E-state index in [-0.39, 0.29) is 0 Å². The van der Waals surface area contributed by atoms with E-state index in [9.17, 15) is 0 Å². The Labute approximate surface area is 165 Å². The summed E-state index contributed by atoms with van der Waals surface area (Å²) in [6.07, 6.45) is 1.58. The van der Waals surface area contributed by atoms with E-state index in [2.05, 4.69) is 20.8 Å². The Morgan fingerprint density at radius 2 is 2.04 bits per heavy atom. The Bertz CT molecular complexity index is 1100. The van der Waals surface area contributed by atoms with Crippen LogP contribution in [0, 0.1) is 6.92 Å². The summed E-state index contributed by atoms with van der Waals surface area (Å²) in [4.78, 5) is 4.59. The first-order chi connectivity index (χ1) is 13.2. The Hall–Kier alpha value is -3.03. The predicted molar refractivity (Wildman–Crippen MR) is 115 cm³/mol. The number of anilines is 1. The van der Waals surface area contributed by atoms with Crippen molar-refractivity contribution in [2.45, 2.75) is 6.92 Å². The van der Waals surface area contributed by atoms with Crippen LogP contribution in [0.25, 0.3) is 21.0 Å². The van der Waals surface area contributed by atoms with Crippen LogP contribution in [0.4, 0.5) is 5.69 Å². The highest BCUT2D eigenvalue weighted by molar-refractivity contribution is 7.80. The summed E-state index contributed by atoms with van der Waals surface area (Å²) in [6, 6.07) is 19.7. The second kappa shape index (κ2) is 7.69. The van der Waals surface area contributed by atoms with Crippen molar-refractivity contribution < 1.29 is 4.42 Å². The molecule has 2 heterocycles. The summed E-state index contributed by atoms with van der Waals surface area (Å²) in [6.45, 7) is 2.03. The van der Waals surface area contributed by atoms with Crippen molar-refractivity contribution in [1.82, 2.24) is 10.4 Å². The molecule has 0 aliphatic carbocycles. The van der Waals surface area contributed by atoms with Crippen molar-refractivity contribution >= 4 is 50.8 Å². The standard InChI is InChI=1S/C20H16N4OS2/c1-13-5-4-6-14(11-13)22-20(26)24-21-12-15-9-10-17(25-15)19-23-16-7-2-3-8-18(16)27-19/h2-12H,1H3,(H2,22,24,26)/b21-12+. The molecule has 27 heavy (non-hydrogen) atoms. The van der Waals surface area contributed by atoms with Gasteiger partial charge in [0.15, 0.2) is 15.9 Å². The molecule has 0 unspecified atom stereocenters. The van der Waals surface area contributed by atoms with Gasteiger partial charge in [0.1, 0.15) is 5.76 Å². The lowest BCUT2D eigenvalue weighted by atomic mass is 10.2. The monoisotopic (exact) mass is 392 g/mol. The van der Waals surface area contributed by atoms with Crippen LogP contribution >= 0.6 is 23.6 Å². The number of rotatable bonds is 4. The van der Waals surface area contributed by atoms with Crippen LogP contribution in [-0.2, 0) is 0 Å². The lowest BCUT2D eigenvalue weighted by Crippen LogP contribution is -2.23. The summed E-state index contributed by atoms with van der Waals surface area (Å²) < 4.78 is 6.94. The van der Waals surface area contributed by atoms with Crippen molar-refractivity contribution in [2.24, 2.45) is 5.10 Å². The molecule has 0 aliphatic rings. The molecule has 0 spiro atoms. The topological polar surface area (TPSA) is 62.5 Å². The summed E-state index contributed by atoms with van der Waals surface area (Å²) in [5, 5.41) is 8.46. The van der Waals surface area contributed by atoms with Crippen LogP contribution in [0.3, 0.4) is 0 Å². The fourth-order valence-corrected chi connectivity index (χ4v) is 3.65. The van der Waals surface area contributed by atoms with E-state index in [0.717, 1.165) is 32.2 Å². The maximum atomic E-state index is 5.81. The Kier molecular flexibility index (Phi) is 4.95. The molecule has 0 radical (unpaired) electrons. The highest BCUT2D eigenvalue weighted by Crippen LogP contribution is 2.30. The van der Waals surface area contributed by atoms with Gasteiger partial charge < -0.3 is 9.73 Å². The molecule has 0 saturated heterocycles. The average molecular weight is 393 g/mol. The van der Waals surface area contributed by atoms with Gasteiger partial charge in [-0.05, 0) is 61.1 Å². The van der Waals surface area contributed by atoms with Crippen LogP contribution in [0.1, 0.15) is 11.3 Å². The van der Waals surface area contributed by atoms with Gasteiger partial charge in [-0.3, -0.25) is 5.43 Å². The molecule has 2 N–H and O–H groups in total. The zero-order valence-electron chi connectivity index (χ0n) is 14.5. The Morgan fingerprint density at radius 1 is 1.15 bits per heavy atom. The molecular formula is C20H16N4OS2. The lowest BCUT2D eigenvalue weighted by Gasteiger charge is -2.07. The molecule has 4 rings (SSSR count). The highest BCUT2D eigenvalue weighted by Gasteiger charge is 2.09. The van der Waals surface area contributed by atoms with Crippen molar-refractivity contribution in [3.05, 3.63) is 72.0 Å². The number of benzene rings is 2. The highest BCUT2D eigenvalue weighted by atomic mass is 32.1. The SMILES string of the molecule is Cc1cccc(NC(=S)N/N=C/c2ccc(-c3nc4ccccc4s3)o2)c1. The van der Waals surface area contributed by atoms with Gasteiger partial charge in [0.05, 0.1) is 16.4 Å². The number of hydrazone groups is 1. The third-order valence-corrected chi connectivity index (χ3v) is 5.01. The third-order valence-electron chi connectivity index (χ3n) is 3.77. The van der Waals surface area contributed by atoms with Crippen LogP contribution in [0.15, 0.2) is 70.2 Å². The van der Waals surface area contributed by atoms with Crippen molar-refractivity contribution in [1.29, 1.82) is 0 Å². The number of aryl methyl sites for hydroxylation is 1. The summed E-state index contributed by atoms with van der Waals surface area (Å²) in [5.74, 6) is 1.34. The lowest BCUT2D eigenvalue weighted by molar-refractivity contribution is 0.574.